The molecule has 1 aromatic carbocycles. The van der Waals surface area contributed by atoms with Crippen LogP contribution in [0.5, 0.6) is 0 Å². The molecule has 1 fully saturated rings. The van der Waals surface area contributed by atoms with Gasteiger partial charge in [-0.05, 0) is 61.9 Å². The molecule has 0 amide bonds. The molecule has 0 saturated carbocycles. The fourth-order valence-electron chi connectivity index (χ4n) is 2.50. The highest BCUT2D eigenvalue weighted by Crippen LogP contribution is 2.27. The average molecular weight is 230 g/mol. The zero-order valence-corrected chi connectivity index (χ0v) is 10.4. The number of allylic oxidation sites excluding steroid dienone is 1. The number of benzene rings is 1. The van der Waals surface area contributed by atoms with Crippen molar-refractivity contribution in [1.82, 2.24) is 5.32 Å². The summed E-state index contributed by atoms with van der Waals surface area (Å²) in [5, 5.41) is 3.40. The fourth-order valence-corrected chi connectivity index (χ4v) is 2.50. The molecule has 1 heterocycles. The van der Waals surface area contributed by atoms with Gasteiger partial charge in [0.1, 0.15) is 0 Å². The Morgan fingerprint density at radius 1 is 1.29 bits per heavy atom. The second-order valence-corrected chi connectivity index (χ2v) is 4.92. The van der Waals surface area contributed by atoms with Crippen LogP contribution in [-0.4, -0.2) is 13.1 Å². The first-order valence-electron chi connectivity index (χ1n) is 6.50. The van der Waals surface area contributed by atoms with Crippen molar-refractivity contribution in [2.24, 2.45) is 5.92 Å². The minimum atomic E-state index is 0.850. The molecule has 1 aliphatic rings. The van der Waals surface area contributed by atoms with Crippen molar-refractivity contribution >= 4 is 11.3 Å². The Morgan fingerprint density at radius 3 is 2.71 bits per heavy atom. The van der Waals surface area contributed by atoms with E-state index < -0.39 is 0 Å². The molecule has 17 heavy (non-hydrogen) atoms. The highest BCUT2D eigenvalue weighted by atomic mass is 14.9. The summed E-state index contributed by atoms with van der Waals surface area (Å²) in [5.74, 6) is 0.859. The molecule has 0 atom stereocenters. The minimum absolute atomic E-state index is 0.850. The summed E-state index contributed by atoms with van der Waals surface area (Å²) in [6.45, 7) is 6.52. The van der Waals surface area contributed by atoms with Crippen LogP contribution >= 0.6 is 0 Å². The molecule has 1 aliphatic heterocycles. The zero-order chi connectivity index (χ0) is 12.1. The van der Waals surface area contributed by atoms with E-state index in [0.717, 1.165) is 23.6 Å². The monoisotopic (exact) mass is 230 g/mol. The number of para-hydroxylation sites is 1. The molecule has 3 N–H and O–H groups in total. The van der Waals surface area contributed by atoms with Crippen molar-refractivity contribution in [3.05, 3.63) is 36.4 Å². The maximum Gasteiger partial charge on any atom is 0.0390 e. The van der Waals surface area contributed by atoms with Crippen molar-refractivity contribution in [2.45, 2.75) is 25.7 Å². The van der Waals surface area contributed by atoms with Crippen molar-refractivity contribution in [3.63, 3.8) is 0 Å². The Morgan fingerprint density at radius 2 is 2.00 bits per heavy atom. The van der Waals surface area contributed by atoms with Crippen LogP contribution < -0.4 is 11.1 Å². The van der Waals surface area contributed by atoms with E-state index in [2.05, 4.69) is 18.0 Å². The van der Waals surface area contributed by atoms with E-state index in [4.69, 9.17) is 5.73 Å². The maximum atomic E-state index is 5.96. The number of nitrogens with two attached hydrogens (primary N) is 1. The zero-order valence-electron chi connectivity index (χ0n) is 10.4. The summed E-state index contributed by atoms with van der Waals surface area (Å²) >= 11 is 0. The molecule has 92 valence electrons. The van der Waals surface area contributed by atoms with Gasteiger partial charge in [0, 0.05) is 5.69 Å². The van der Waals surface area contributed by atoms with E-state index >= 15 is 0 Å². The third kappa shape index (κ3) is 3.34. The Labute approximate surface area is 104 Å². The third-order valence-electron chi connectivity index (χ3n) is 3.65. The lowest BCUT2D eigenvalue weighted by molar-refractivity contribution is 0.357. The molecule has 0 unspecified atom stereocenters. The van der Waals surface area contributed by atoms with Gasteiger partial charge in [-0.2, -0.15) is 0 Å². The molecule has 1 saturated heterocycles. The number of rotatable bonds is 4. The molecule has 0 bridgehead atoms. The highest BCUT2D eigenvalue weighted by Gasteiger charge is 2.13. The van der Waals surface area contributed by atoms with Crippen LogP contribution in [0.3, 0.4) is 0 Å². The molecule has 0 aliphatic carbocycles. The SMILES string of the molecule is C=C(CCC1CCNCC1)c1ccccc1N. The summed E-state index contributed by atoms with van der Waals surface area (Å²) in [5.41, 5.74) is 9.12. The molecule has 2 heteroatoms. The predicted octanol–water partition coefficient (Wildman–Crippen LogP) is 3.06. The van der Waals surface area contributed by atoms with Gasteiger partial charge in [0.05, 0.1) is 0 Å². The standard InChI is InChI=1S/C15H22N2/c1-12(14-4-2-3-5-15(14)16)6-7-13-8-10-17-11-9-13/h2-5,13,17H,1,6-11,16H2. The smallest absolute Gasteiger partial charge is 0.0390 e. The highest BCUT2D eigenvalue weighted by molar-refractivity contribution is 5.73. The lowest BCUT2D eigenvalue weighted by Crippen LogP contribution is -2.27. The molecule has 1 aromatic rings. The topological polar surface area (TPSA) is 38.0 Å². The van der Waals surface area contributed by atoms with Gasteiger partial charge in [0.15, 0.2) is 0 Å². The fraction of sp³-hybridized carbons (Fsp3) is 0.467. The third-order valence-corrected chi connectivity index (χ3v) is 3.65. The average Bonchev–Trinajstić information content (AvgIpc) is 2.38. The van der Waals surface area contributed by atoms with Crippen LogP contribution in [0.25, 0.3) is 5.57 Å². The van der Waals surface area contributed by atoms with Gasteiger partial charge >= 0.3 is 0 Å². The van der Waals surface area contributed by atoms with Crippen LogP contribution in [-0.2, 0) is 0 Å². The largest absolute Gasteiger partial charge is 0.398 e. The molecular formula is C15H22N2. The van der Waals surface area contributed by atoms with Gasteiger partial charge in [-0.15, -0.1) is 0 Å². The molecule has 2 rings (SSSR count). The van der Waals surface area contributed by atoms with E-state index in [0.29, 0.717) is 0 Å². The molecule has 0 aromatic heterocycles. The van der Waals surface area contributed by atoms with Crippen molar-refractivity contribution < 1.29 is 0 Å². The van der Waals surface area contributed by atoms with Crippen LogP contribution in [0.4, 0.5) is 5.69 Å². The van der Waals surface area contributed by atoms with Gasteiger partial charge in [0.25, 0.3) is 0 Å². The van der Waals surface area contributed by atoms with E-state index in [9.17, 15) is 0 Å². The van der Waals surface area contributed by atoms with Crippen molar-refractivity contribution in [1.29, 1.82) is 0 Å². The number of hydrogen-bond donors (Lipinski definition) is 2. The first-order chi connectivity index (χ1) is 8.27. The van der Waals surface area contributed by atoms with Gasteiger partial charge in [-0.3, -0.25) is 0 Å². The Balaban J connectivity index is 1.87. The number of anilines is 1. The first kappa shape index (κ1) is 12.2. The van der Waals surface area contributed by atoms with E-state index in [1.165, 1.54) is 37.9 Å². The van der Waals surface area contributed by atoms with Crippen LogP contribution in [0.15, 0.2) is 30.8 Å². The summed E-state index contributed by atoms with van der Waals surface area (Å²) in [7, 11) is 0. The second kappa shape index (κ2) is 5.87. The van der Waals surface area contributed by atoms with E-state index in [1.807, 2.05) is 18.2 Å². The summed E-state index contributed by atoms with van der Waals surface area (Å²) in [6, 6.07) is 8.02. The van der Waals surface area contributed by atoms with Gasteiger partial charge in [0.2, 0.25) is 0 Å². The normalized spacial score (nSPS) is 16.9. The second-order valence-electron chi connectivity index (χ2n) is 4.92. The van der Waals surface area contributed by atoms with E-state index in [-0.39, 0.29) is 0 Å². The molecule has 2 nitrogen and oxygen atoms in total. The van der Waals surface area contributed by atoms with Gasteiger partial charge in [-0.25, -0.2) is 0 Å². The van der Waals surface area contributed by atoms with Gasteiger partial charge < -0.3 is 11.1 Å². The lowest BCUT2D eigenvalue weighted by Gasteiger charge is -2.23. The van der Waals surface area contributed by atoms with Crippen molar-refractivity contribution in [3.8, 4) is 0 Å². The maximum absolute atomic E-state index is 5.96. The first-order valence-corrected chi connectivity index (χ1v) is 6.50. The van der Waals surface area contributed by atoms with Crippen LogP contribution in [0, 0.1) is 5.92 Å². The number of piperidine rings is 1. The summed E-state index contributed by atoms with van der Waals surface area (Å²) < 4.78 is 0. The lowest BCUT2D eigenvalue weighted by atomic mass is 9.90. The van der Waals surface area contributed by atoms with Crippen molar-refractivity contribution in [2.75, 3.05) is 18.8 Å². The molecule has 0 radical (unpaired) electrons. The quantitative estimate of drug-likeness (QED) is 0.780. The van der Waals surface area contributed by atoms with E-state index in [1.54, 1.807) is 0 Å². The number of nitrogen functional groups attached to an aromatic ring is 1. The van der Waals surface area contributed by atoms with Crippen LogP contribution in [0.2, 0.25) is 0 Å². The molecular weight excluding hydrogens is 208 g/mol. The minimum Gasteiger partial charge on any atom is -0.398 e. The number of hydrogen-bond acceptors (Lipinski definition) is 2. The predicted molar refractivity (Wildman–Crippen MR) is 74.7 cm³/mol. The van der Waals surface area contributed by atoms with Gasteiger partial charge in [-0.1, -0.05) is 24.8 Å². The Kier molecular flexibility index (Phi) is 4.21. The summed E-state index contributed by atoms with van der Waals surface area (Å²) in [6.07, 6.45) is 4.92. The molecule has 0 spiro atoms. The Hall–Kier alpha value is -1.28. The Bertz CT molecular complexity index is 378. The summed E-state index contributed by atoms with van der Waals surface area (Å²) in [4.78, 5) is 0. The number of nitrogens with one attached hydrogen (secondary N) is 1. The van der Waals surface area contributed by atoms with Crippen LogP contribution in [0.1, 0.15) is 31.2 Å².